The van der Waals surface area contributed by atoms with E-state index in [0.717, 1.165) is 45.2 Å². The van der Waals surface area contributed by atoms with Crippen LogP contribution < -0.4 is 4.90 Å². The molecule has 3 heteroatoms. The van der Waals surface area contributed by atoms with E-state index in [1.807, 2.05) is 12.1 Å². The topological polar surface area (TPSA) is 43.7 Å². The molecular formula is C39H43NO2. The summed E-state index contributed by atoms with van der Waals surface area (Å²) in [6, 6.07) is 36.4. The van der Waals surface area contributed by atoms with Crippen LogP contribution in [0, 0.1) is 17.3 Å². The molecule has 3 aliphatic carbocycles. The number of nitrogens with zero attached hydrogens (tertiary/aromatic N) is 1. The molecule has 0 heterocycles. The van der Waals surface area contributed by atoms with E-state index in [0.29, 0.717) is 29.9 Å². The molecule has 4 aromatic rings. The van der Waals surface area contributed by atoms with Crippen LogP contribution in [0.25, 0.3) is 0 Å². The largest absolute Gasteiger partial charge is 0.508 e. The third kappa shape index (κ3) is 4.92. The van der Waals surface area contributed by atoms with Crippen LogP contribution in [0.4, 0.5) is 5.69 Å². The number of benzene rings is 4. The van der Waals surface area contributed by atoms with Crippen molar-refractivity contribution >= 4 is 5.69 Å². The van der Waals surface area contributed by atoms with Gasteiger partial charge < -0.3 is 15.1 Å². The van der Waals surface area contributed by atoms with E-state index in [-0.39, 0.29) is 5.41 Å². The summed E-state index contributed by atoms with van der Waals surface area (Å²) in [5.74, 6) is 2.10. The summed E-state index contributed by atoms with van der Waals surface area (Å²) in [6.45, 7) is 4.07. The highest BCUT2D eigenvalue weighted by Gasteiger charge is 2.61. The molecule has 0 aromatic heterocycles. The maximum atomic E-state index is 12.5. The van der Waals surface area contributed by atoms with E-state index in [1.54, 1.807) is 0 Å². The Morgan fingerprint density at radius 1 is 0.738 bits per heavy atom. The first-order valence-electron chi connectivity index (χ1n) is 15.9. The molecule has 0 bridgehead atoms. The molecule has 42 heavy (non-hydrogen) atoms. The van der Waals surface area contributed by atoms with Crippen LogP contribution in [-0.4, -0.2) is 15.8 Å². The molecule has 2 saturated carbocycles. The van der Waals surface area contributed by atoms with Gasteiger partial charge in [0, 0.05) is 25.2 Å². The van der Waals surface area contributed by atoms with Gasteiger partial charge >= 0.3 is 0 Å². The van der Waals surface area contributed by atoms with Crippen molar-refractivity contribution in [3.8, 4) is 5.75 Å². The lowest BCUT2D eigenvalue weighted by atomic mass is 9.53. The van der Waals surface area contributed by atoms with Crippen molar-refractivity contribution < 1.29 is 10.2 Å². The van der Waals surface area contributed by atoms with Gasteiger partial charge in [-0.05, 0) is 114 Å². The summed E-state index contributed by atoms with van der Waals surface area (Å²) < 4.78 is 0. The zero-order valence-electron chi connectivity index (χ0n) is 24.8. The van der Waals surface area contributed by atoms with Crippen molar-refractivity contribution in [2.45, 2.75) is 76.5 Å². The molecule has 0 unspecified atom stereocenters. The fraction of sp³-hybridized carbons (Fsp3) is 0.385. The molecular weight excluding hydrogens is 514 g/mol. The second-order valence-corrected chi connectivity index (χ2v) is 13.5. The maximum Gasteiger partial charge on any atom is 0.115 e. The molecule has 2 N–H and O–H groups in total. The smallest absolute Gasteiger partial charge is 0.115 e. The molecule has 5 atom stereocenters. The second-order valence-electron chi connectivity index (χ2n) is 13.5. The highest BCUT2D eigenvalue weighted by atomic mass is 16.3. The van der Waals surface area contributed by atoms with Crippen molar-refractivity contribution in [1.82, 2.24) is 0 Å². The van der Waals surface area contributed by atoms with Gasteiger partial charge in [0.15, 0.2) is 0 Å². The predicted octanol–water partition coefficient (Wildman–Crippen LogP) is 8.43. The molecule has 7 rings (SSSR count). The van der Waals surface area contributed by atoms with Crippen LogP contribution >= 0.6 is 0 Å². The number of phenolic OH excluding ortho intramolecular Hbond substituents is 1. The Labute approximate surface area is 250 Å². The van der Waals surface area contributed by atoms with Crippen LogP contribution in [0.5, 0.6) is 5.75 Å². The highest BCUT2D eigenvalue weighted by molar-refractivity contribution is 5.50. The molecule has 0 amide bonds. The van der Waals surface area contributed by atoms with Gasteiger partial charge in [0.2, 0.25) is 0 Å². The van der Waals surface area contributed by atoms with Crippen LogP contribution in [0.1, 0.15) is 72.8 Å². The summed E-state index contributed by atoms with van der Waals surface area (Å²) in [5, 5.41) is 22.5. The molecule has 216 valence electrons. The van der Waals surface area contributed by atoms with Gasteiger partial charge in [-0.2, -0.15) is 0 Å². The van der Waals surface area contributed by atoms with Gasteiger partial charge in [-0.1, -0.05) is 85.8 Å². The van der Waals surface area contributed by atoms with E-state index >= 15 is 0 Å². The van der Waals surface area contributed by atoms with Crippen molar-refractivity contribution in [3.05, 3.63) is 131 Å². The van der Waals surface area contributed by atoms with Crippen molar-refractivity contribution in [2.24, 2.45) is 17.3 Å². The van der Waals surface area contributed by atoms with Crippen LogP contribution in [0.3, 0.4) is 0 Å². The minimum Gasteiger partial charge on any atom is -0.508 e. The molecule has 0 radical (unpaired) electrons. The first-order chi connectivity index (χ1) is 20.4. The normalized spacial score (nSPS) is 28.0. The minimum absolute atomic E-state index is 0.0770. The SMILES string of the molecule is C[C@]12CC[C@@H]3c4ccc(O)cc4CC[C@H]3[C@@H]1CC[C@@]2(O)Cc1cccc(N(Cc2ccccc2)Cc2ccccc2)c1. The summed E-state index contributed by atoms with van der Waals surface area (Å²) in [6.07, 6.45) is 7.08. The molecule has 3 nitrogen and oxygen atoms in total. The molecule has 3 aliphatic rings. The standard InChI is InChI=1S/C39H43NO2/c1-38-21-19-35-34-18-16-33(41)24-31(34)15-17-36(35)37(38)20-22-39(38,42)25-30-13-8-14-32(23-30)40(26-28-9-4-2-5-10-28)27-29-11-6-3-7-12-29/h2-14,16,18,23-24,35-37,41-42H,15,17,19-22,25-27H2,1H3/t35-,36-,37+,38+,39-/m1/s1. The fourth-order valence-electron chi connectivity index (χ4n) is 9.02. The number of phenols is 1. The van der Waals surface area contributed by atoms with Crippen LogP contribution in [-0.2, 0) is 25.9 Å². The number of aryl methyl sites for hydroxylation is 1. The summed E-state index contributed by atoms with van der Waals surface area (Å²) >= 11 is 0. The summed E-state index contributed by atoms with van der Waals surface area (Å²) in [7, 11) is 0. The Morgan fingerprint density at radius 3 is 2.14 bits per heavy atom. The zero-order valence-corrected chi connectivity index (χ0v) is 24.8. The van der Waals surface area contributed by atoms with Crippen LogP contribution in [0.2, 0.25) is 0 Å². The van der Waals surface area contributed by atoms with Crippen LogP contribution in [0.15, 0.2) is 103 Å². The van der Waals surface area contributed by atoms with Gasteiger partial charge in [0.1, 0.15) is 5.75 Å². The van der Waals surface area contributed by atoms with Crippen molar-refractivity contribution in [3.63, 3.8) is 0 Å². The average Bonchev–Trinajstić information content (AvgIpc) is 3.27. The number of aliphatic hydroxyl groups is 1. The van der Waals surface area contributed by atoms with Crippen molar-refractivity contribution in [2.75, 3.05) is 4.90 Å². The minimum atomic E-state index is -0.694. The number of anilines is 1. The predicted molar refractivity (Wildman–Crippen MR) is 171 cm³/mol. The first-order valence-corrected chi connectivity index (χ1v) is 15.9. The third-order valence-corrected chi connectivity index (χ3v) is 11.2. The van der Waals surface area contributed by atoms with E-state index in [4.69, 9.17) is 0 Å². The molecule has 0 spiro atoms. The Balaban J connectivity index is 1.14. The molecule has 0 saturated heterocycles. The monoisotopic (exact) mass is 557 g/mol. The lowest BCUT2D eigenvalue weighted by molar-refractivity contribution is -0.102. The van der Waals surface area contributed by atoms with Gasteiger partial charge in [-0.15, -0.1) is 0 Å². The maximum absolute atomic E-state index is 12.5. The number of aromatic hydroxyl groups is 1. The van der Waals surface area contributed by atoms with E-state index < -0.39 is 5.60 Å². The summed E-state index contributed by atoms with van der Waals surface area (Å²) in [4.78, 5) is 2.46. The Bertz CT molecular complexity index is 1490. The number of fused-ring (bicyclic) bond motifs is 5. The zero-order chi connectivity index (χ0) is 28.7. The van der Waals surface area contributed by atoms with Crippen molar-refractivity contribution in [1.29, 1.82) is 0 Å². The van der Waals surface area contributed by atoms with E-state index in [2.05, 4.69) is 103 Å². The number of rotatable bonds is 7. The Kier molecular flexibility index (Phi) is 7.10. The molecule has 0 aliphatic heterocycles. The fourth-order valence-corrected chi connectivity index (χ4v) is 9.02. The second kappa shape index (κ2) is 10.9. The van der Waals surface area contributed by atoms with E-state index in [9.17, 15) is 10.2 Å². The van der Waals surface area contributed by atoms with Gasteiger partial charge in [0.25, 0.3) is 0 Å². The average molecular weight is 558 g/mol. The Morgan fingerprint density at radius 2 is 1.43 bits per heavy atom. The number of hydrogen-bond acceptors (Lipinski definition) is 3. The first kappa shape index (κ1) is 27.3. The quantitative estimate of drug-likeness (QED) is 0.240. The molecule has 2 fully saturated rings. The third-order valence-electron chi connectivity index (χ3n) is 11.2. The highest BCUT2D eigenvalue weighted by Crippen LogP contribution is 2.65. The lowest BCUT2D eigenvalue weighted by Crippen LogP contribution is -2.51. The van der Waals surface area contributed by atoms with E-state index in [1.165, 1.54) is 39.9 Å². The van der Waals surface area contributed by atoms with Gasteiger partial charge in [-0.3, -0.25) is 0 Å². The summed E-state index contributed by atoms with van der Waals surface area (Å²) in [5.41, 5.74) is 7.04. The van der Waals surface area contributed by atoms with Gasteiger partial charge in [0.05, 0.1) is 5.60 Å². The van der Waals surface area contributed by atoms with Gasteiger partial charge in [-0.25, -0.2) is 0 Å². The molecule has 4 aromatic carbocycles. The number of hydrogen-bond donors (Lipinski definition) is 2. The Hall–Kier alpha value is -3.56. The lowest BCUT2D eigenvalue weighted by Gasteiger charge is -2.53.